The van der Waals surface area contributed by atoms with E-state index in [1.54, 1.807) is 19.1 Å². The molecule has 2 heterocycles. The normalized spacial score (nSPS) is 23.3. The van der Waals surface area contributed by atoms with Crippen molar-refractivity contribution >= 4 is 11.9 Å². The SMILES string of the molecule is COc1cc(C2(C)NC(=O)N(CN3CCCC3)C2=O)cc(OC)c1OC. The number of hydrogen-bond acceptors (Lipinski definition) is 6. The summed E-state index contributed by atoms with van der Waals surface area (Å²) in [5.41, 5.74) is -0.613. The first kappa shape index (κ1) is 18.3. The van der Waals surface area contributed by atoms with E-state index in [0.717, 1.165) is 25.9 Å². The third-order valence-electron chi connectivity index (χ3n) is 5.06. The van der Waals surface area contributed by atoms with Gasteiger partial charge < -0.3 is 19.5 Å². The number of rotatable bonds is 6. The number of methoxy groups -OCH3 is 3. The predicted molar refractivity (Wildman–Crippen MR) is 94.5 cm³/mol. The van der Waals surface area contributed by atoms with Crippen molar-refractivity contribution in [3.05, 3.63) is 17.7 Å². The Morgan fingerprint density at radius 2 is 1.62 bits per heavy atom. The standard InChI is InChI=1S/C18H25N3O5/c1-18(12-9-13(24-2)15(26-4)14(10-12)25-3)16(22)21(17(23)19-18)11-20-7-5-6-8-20/h9-10H,5-8,11H2,1-4H3,(H,19,23). The van der Waals surface area contributed by atoms with E-state index >= 15 is 0 Å². The molecule has 1 aromatic rings. The van der Waals surface area contributed by atoms with E-state index in [9.17, 15) is 9.59 Å². The largest absolute Gasteiger partial charge is 0.493 e. The van der Waals surface area contributed by atoms with Crippen LogP contribution in [0.5, 0.6) is 17.2 Å². The number of hydrogen-bond donors (Lipinski definition) is 1. The lowest BCUT2D eigenvalue weighted by atomic mass is 9.91. The molecule has 142 valence electrons. The van der Waals surface area contributed by atoms with E-state index in [1.807, 2.05) is 0 Å². The summed E-state index contributed by atoms with van der Waals surface area (Å²) in [6, 6.07) is 3.00. The van der Waals surface area contributed by atoms with Crippen LogP contribution in [0, 0.1) is 0 Å². The number of urea groups is 1. The van der Waals surface area contributed by atoms with Gasteiger partial charge in [0.15, 0.2) is 11.5 Å². The molecule has 0 spiro atoms. The van der Waals surface area contributed by atoms with Crippen LogP contribution >= 0.6 is 0 Å². The Labute approximate surface area is 153 Å². The van der Waals surface area contributed by atoms with Gasteiger partial charge in [-0.2, -0.15) is 0 Å². The molecule has 26 heavy (non-hydrogen) atoms. The third kappa shape index (κ3) is 2.94. The molecule has 8 nitrogen and oxygen atoms in total. The average molecular weight is 363 g/mol. The van der Waals surface area contributed by atoms with Crippen LogP contribution in [-0.2, 0) is 10.3 Å². The van der Waals surface area contributed by atoms with E-state index in [-0.39, 0.29) is 5.91 Å². The Hall–Kier alpha value is -2.48. The number of carbonyl (C=O) groups is 2. The molecule has 2 saturated heterocycles. The first-order chi connectivity index (χ1) is 12.4. The molecule has 2 fully saturated rings. The highest BCUT2D eigenvalue weighted by molar-refractivity contribution is 6.07. The molecule has 3 amide bonds. The third-order valence-corrected chi connectivity index (χ3v) is 5.06. The summed E-state index contributed by atoms with van der Waals surface area (Å²) in [7, 11) is 4.54. The smallest absolute Gasteiger partial charge is 0.326 e. The van der Waals surface area contributed by atoms with Gasteiger partial charge in [-0.3, -0.25) is 9.69 Å². The van der Waals surface area contributed by atoms with Crippen molar-refractivity contribution in [2.75, 3.05) is 41.1 Å². The Bertz CT molecular complexity index is 692. The van der Waals surface area contributed by atoms with Crippen molar-refractivity contribution < 1.29 is 23.8 Å². The van der Waals surface area contributed by atoms with Gasteiger partial charge in [-0.25, -0.2) is 9.69 Å². The van der Waals surface area contributed by atoms with Gasteiger partial charge in [-0.1, -0.05) is 0 Å². The van der Waals surface area contributed by atoms with E-state index in [1.165, 1.54) is 26.2 Å². The van der Waals surface area contributed by atoms with Crippen LogP contribution in [-0.4, -0.2) is 62.8 Å². The molecule has 8 heteroatoms. The number of imide groups is 1. The van der Waals surface area contributed by atoms with E-state index in [0.29, 0.717) is 29.5 Å². The van der Waals surface area contributed by atoms with Gasteiger partial charge in [0, 0.05) is 0 Å². The second kappa shape index (κ2) is 7.03. The summed E-state index contributed by atoms with van der Waals surface area (Å²) in [6.07, 6.45) is 2.18. The molecule has 3 rings (SSSR count). The maximum atomic E-state index is 13.1. The highest BCUT2D eigenvalue weighted by Gasteiger charge is 2.50. The second-order valence-electron chi connectivity index (χ2n) is 6.67. The fourth-order valence-electron chi connectivity index (χ4n) is 3.51. The molecule has 1 aromatic carbocycles. The van der Waals surface area contributed by atoms with Crippen molar-refractivity contribution in [1.29, 1.82) is 0 Å². The van der Waals surface area contributed by atoms with Gasteiger partial charge in [0.1, 0.15) is 5.54 Å². The number of nitrogens with zero attached hydrogens (tertiary/aromatic N) is 2. The highest BCUT2D eigenvalue weighted by atomic mass is 16.5. The summed E-state index contributed by atoms with van der Waals surface area (Å²) >= 11 is 0. The zero-order valence-corrected chi connectivity index (χ0v) is 15.6. The number of amides is 3. The molecule has 0 bridgehead atoms. The zero-order valence-electron chi connectivity index (χ0n) is 15.6. The van der Waals surface area contributed by atoms with Crippen LogP contribution < -0.4 is 19.5 Å². The molecule has 1 N–H and O–H groups in total. The molecule has 2 aliphatic rings. The zero-order chi connectivity index (χ0) is 18.9. The Kier molecular flexibility index (Phi) is 4.95. The van der Waals surface area contributed by atoms with Crippen LogP contribution in [0.25, 0.3) is 0 Å². The fraction of sp³-hybridized carbons (Fsp3) is 0.556. The number of nitrogens with one attached hydrogen (secondary N) is 1. The number of likely N-dealkylation sites (tertiary alicyclic amines) is 1. The molecule has 0 aromatic heterocycles. The lowest BCUT2D eigenvalue weighted by molar-refractivity contribution is -0.132. The van der Waals surface area contributed by atoms with Crippen LogP contribution in [0.4, 0.5) is 4.79 Å². The van der Waals surface area contributed by atoms with Gasteiger partial charge in [0.2, 0.25) is 5.75 Å². The Morgan fingerprint density at radius 1 is 1.04 bits per heavy atom. The fourth-order valence-corrected chi connectivity index (χ4v) is 3.51. The van der Waals surface area contributed by atoms with Gasteiger partial charge in [-0.15, -0.1) is 0 Å². The van der Waals surface area contributed by atoms with Gasteiger partial charge in [-0.05, 0) is 50.6 Å². The lowest BCUT2D eigenvalue weighted by Gasteiger charge is -2.25. The minimum absolute atomic E-state index is 0.288. The maximum Gasteiger partial charge on any atom is 0.326 e. The quantitative estimate of drug-likeness (QED) is 0.772. The molecule has 0 aliphatic carbocycles. The van der Waals surface area contributed by atoms with Crippen LogP contribution in [0.1, 0.15) is 25.3 Å². The Morgan fingerprint density at radius 3 is 2.12 bits per heavy atom. The van der Waals surface area contributed by atoms with Gasteiger partial charge in [0.05, 0.1) is 28.0 Å². The number of ether oxygens (including phenoxy) is 3. The van der Waals surface area contributed by atoms with E-state index < -0.39 is 11.6 Å². The van der Waals surface area contributed by atoms with Crippen molar-refractivity contribution in [2.24, 2.45) is 0 Å². The van der Waals surface area contributed by atoms with Gasteiger partial charge in [0.25, 0.3) is 5.91 Å². The molecular formula is C18H25N3O5. The lowest BCUT2D eigenvalue weighted by Crippen LogP contribution is -2.43. The van der Waals surface area contributed by atoms with Crippen molar-refractivity contribution in [2.45, 2.75) is 25.3 Å². The van der Waals surface area contributed by atoms with Crippen LogP contribution in [0.15, 0.2) is 12.1 Å². The van der Waals surface area contributed by atoms with Crippen molar-refractivity contribution in [1.82, 2.24) is 15.1 Å². The number of benzene rings is 1. The minimum Gasteiger partial charge on any atom is -0.493 e. The molecule has 1 atom stereocenters. The van der Waals surface area contributed by atoms with Crippen molar-refractivity contribution in [3.63, 3.8) is 0 Å². The summed E-state index contributed by atoms with van der Waals surface area (Å²) in [5.74, 6) is 1.02. The summed E-state index contributed by atoms with van der Waals surface area (Å²) < 4.78 is 16.1. The summed E-state index contributed by atoms with van der Waals surface area (Å²) in [6.45, 7) is 3.80. The van der Waals surface area contributed by atoms with E-state index in [2.05, 4.69) is 10.2 Å². The Balaban J connectivity index is 1.95. The van der Waals surface area contributed by atoms with E-state index in [4.69, 9.17) is 14.2 Å². The first-order valence-electron chi connectivity index (χ1n) is 8.61. The summed E-state index contributed by atoms with van der Waals surface area (Å²) in [4.78, 5) is 28.9. The van der Waals surface area contributed by atoms with Gasteiger partial charge >= 0.3 is 6.03 Å². The summed E-state index contributed by atoms with van der Waals surface area (Å²) in [5, 5.41) is 2.82. The molecular weight excluding hydrogens is 338 g/mol. The molecule has 0 saturated carbocycles. The topological polar surface area (TPSA) is 80.3 Å². The average Bonchev–Trinajstić information content (AvgIpc) is 3.23. The molecule has 1 unspecified atom stereocenters. The molecule has 0 radical (unpaired) electrons. The van der Waals surface area contributed by atoms with Crippen LogP contribution in [0.3, 0.4) is 0 Å². The second-order valence-corrected chi connectivity index (χ2v) is 6.67. The van der Waals surface area contributed by atoms with Crippen molar-refractivity contribution in [3.8, 4) is 17.2 Å². The highest BCUT2D eigenvalue weighted by Crippen LogP contribution is 2.42. The maximum absolute atomic E-state index is 13.1. The predicted octanol–water partition coefficient (Wildman–Crippen LogP) is 1.53. The monoisotopic (exact) mass is 363 g/mol. The minimum atomic E-state index is -1.19. The first-order valence-corrected chi connectivity index (χ1v) is 8.61. The molecule has 2 aliphatic heterocycles. The van der Waals surface area contributed by atoms with Crippen LogP contribution in [0.2, 0.25) is 0 Å². The number of carbonyl (C=O) groups excluding carboxylic acids is 2.